The third kappa shape index (κ3) is 5.54. The predicted molar refractivity (Wildman–Crippen MR) is 110 cm³/mol. The molecule has 1 aromatic carbocycles. The average molecular weight is 366 g/mol. The molecule has 2 rings (SSSR count). The number of fused-ring (bicyclic) bond motifs is 1. The Labute approximate surface area is 155 Å². The Hall–Kier alpha value is -0.970. The van der Waals surface area contributed by atoms with Crippen LogP contribution in [0, 0.1) is 6.92 Å². The summed E-state index contributed by atoms with van der Waals surface area (Å²) in [6, 6.07) is 5.91. The highest BCUT2D eigenvalue weighted by atomic mass is 35.5. The van der Waals surface area contributed by atoms with Crippen LogP contribution < -0.4 is 5.32 Å². The number of nitrogens with one attached hydrogen (secondary N) is 1. The van der Waals surface area contributed by atoms with Crippen molar-refractivity contribution in [1.82, 2.24) is 9.88 Å². The number of benzene rings is 1. The molecule has 3 nitrogen and oxygen atoms in total. The van der Waals surface area contributed by atoms with Crippen LogP contribution in [0.15, 0.2) is 24.4 Å². The van der Waals surface area contributed by atoms with Crippen molar-refractivity contribution in [2.45, 2.75) is 27.2 Å². The fourth-order valence-electron chi connectivity index (χ4n) is 2.72. The fourth-order valence-corrected chi connectivity index (χ4v) is 3.83. The Morgan fingerprint density at radius 2 is 2.00 bits per heavy atom. The molecular weight excluding hydrogens is 338 g/mol. The third-order valence-electron chi connectivity index (χ3n) is 4.23. The van der Waals surface area contributed by atoms with E-state index in [0.717, 1.165) is 35.6 Å². The summed E-state index contributed by atoms with van der Waals surface area (Å²) in [5.41, 5.74) is 3.31. The lowest BCUT2D eigenvalue weighted by Gasteiger charge is -2.17. The molecule has 1 N–H and O–H groups in total. The number of halogens is 1. The van der Waals surface area contributed by atoms with E-state index in [-0.39, 0.29) is 0 Å². The number of pyridine rings is 1. The maximum Gasteiger partial charge on any atom is 0.0737 e. The number of hydrogen-bond donors (Lipinski definition) is 1. The van der Waals surface area contributed by atoms with Crippen LogP contribution in [0.1, 0.15) is 25.8 Å². The van der Waals surface area contributed by atoms with Gasteiger partial charge in [0, 0.05) is 41.1 Å². The molecule has 0 bridgehead atoms. The number of aryl methyl sites for hydroxylation is 1. The van der Waals surface area contributed by atoms with Crippen LogP contribution in [-0.2, 0) is 0 Å². The Kier molecular flexibility index (Phi) is 8.16. The molecule has 132 valence electrons. The highest BCUT2D eigenvalue weighted by Crippen LogP contribution is 2.27. The van der Waals surface area contributed by atoms with E-state index in [0.29, 0.717) is 0 Å². The molecule has 1 aromatic heterocycles. The lowest BCUT2D eigenvalue weighted by Crippen LogP contribution is -2.25. The minimum absolute atomic E-state index is 0.731. The van der Waals surface area contributed by atoms with Gasteiger partial charge in [0.1, 0.15) is 0 Å². The Morgan fingerprint density at radius 1 is 1.21 bits per heavy atom. The monoisotopic (exact) mass is 365 g/mol. The molecule has 0 aliphatic rings. The van der Waals surface area contributed by atoms with Crippen LogP contribution in [0.5, 0.6) is 0 Å². The summed E-state index contributed by atoms with van der Waals surface area (Å²) in [7, 11) is 0. The predicted octanol–water partition coefficient (Wildman–Crippen LogP) is 5.07. The van der Waals surface area contributed by atoms with E-state index in [4.69, 9.17) is 11.6 Å². The molecule has 0 atom stereocenters. The van der Waals surface area contributed by atoms with Gasteiger partial charge in [0.15, 0.2) is 0 Å². The lowest BCUT2D eigenvalue weighted by atomic mass is 10.1. The van der Waals surface area contributed by atoms with Gasteiger partial charge in [-0.2, -0.15) is 11.8 Å². The minimum Gasteiger partial charge on any atom is -0.384 e. The Balaban J connectivity index is 1.78. The second-order valence-corrected chi connectivity index (χ2v) is 7.56. The van der Waals surface area contributed by atoms with Crippen LogP contribution in [-0.4, -0.2) is 47.6 Å². The SMILES string of the molecule is CCN(CC)CCSCCCNc1c(C)cnc2cc(Cl)ccc12. The summed E-state index contributed by atoms with van der Waals surface area (Å²) in [6.07, 6.45) is 3.08. The Morgan fingerprint density at radius 3 is 2.75 bits per heavy atom. The number of nitrogens with zero attached hydrogens (tertiary/aromatic N) is 2. The second kappa shape index (κ2) is 10.1. The number of thioether (sulfide) groups is 1. The zero-order chi connectivity index (χ0) is 17.4. The van der Waals surface area contributed by atoms with Crippen molar-refractivity contribution >= 4 is 40.0 Å². The highest BCUT2D eigenvalue weighted by Gasteiger charge is 2.06. The van der Waals surface area contributed by atoms with Crippen molar-refractivity contribution in [2.24, 2.45) is 0 Å². The number of hydrogen-bond acceptors (Lipinski definition) is 4. The van der Waals surface area contributed by atoms with E-state index in [2.05, 4.69) is 42.0 Å². The van der Waals surface area contributed by atoms with Gasteiger partial charge in [0.25, 0.3) is 0 Å². The standard InChI is InChI=1S/C19H28ClN3S/c1-4-23(5-2)10-12-24-11-6-9-21-19-15(3)14-22-18-13-16(20)7-8-17(18)19/h7-8,13-14H,4-6,9-12H2,1-3H3,(H,21,22). The maximum absolute atomic E-state index is 6.06. The van der Waals surface area contributed by atoms with Gasteiger partial charge in [-0.05, 0) is 55.9 Å². The van der Waals surface area contributed by atoms with Gasteiger partial charge >= 0.3 is 0 Å². The van der Waals surface area contributed by atoms with Crippen molar-refractivity contribution < 1.29 is 0 Å². The first-order valence-corrected chi connectivity index (χ1v) is 10.3. The quantitative estimate of drug-likeness (QED) is 0.595. The summed E-state index contributed by atoms with van der Waals surface area (Å²) >= 11 is 8.11. The van der Waals surface area contributed by atoms with Gasteiger partial charge in [-0.3, -0.25) is 4.98 Å². The fraction of sp³-hybridized carbons (Fsp3) is 0.526. The molecule has 2 aromatic rings. The van der Waals surface area contributed by atoms with Gasteiger partial charge in [0.05, 0.1) is 5.52 Å². The van der Waals surface area contributed by atoms with Crippen molar-refractivity contribution in [2.75, 3.05) is 43.0 Å². The topological polar surface area (TPSA) is 28.2 Å². The summed E-state index contributed by atoms with van der Waals surface area (Å²) in [5.74, 6) is 2.42. The largest absolute Gasteiger partial charge is 0.384 e. The van der Waals surface area contributed by atoms with Gasteiger partial charge in [-0.1, -0.05) is 25.4 Å². The zero-order valence-corrected chi connectivity index (χ0v) is 16.5. The molecule has 5 heteroatoms. The molecule has 0 radical (unpaired) electrons. The number of aromatic nitrogens is 1. The summed E-state index contributed by atoms with van der Waals surface area (Å²) < 4.78 is 0. The first-order chi connectivity index (χ1) is 11.7. The van der Waals surface area contributed by atoms with E-state index in [9.17, 15) is 0 Å². The van der Waals surface area contributed by atoms with Crippen molar-refractivity contribution in [1.29, 1.82) is 0 Å². The normalized spacial score (nSPS) is 11.4. The first kappa shape index (κ1) is 19.4. The van der Waals surface area contributed by atoms with Crippen LogP contribution in [0.3, 0.4) is 0 Å². The lowest BCUT2D eigenvalue weighted by molar-refractivity contribution is 0.324. The maximum atomic E-state index is 6.06. The van der Waals surface area contributed by atoms with Gasteiger partial charge in [0.2, 0.25) is 0 Å². The molecule has 0 spiro atoms. The molecule has 0 saturated heterocycles. The van der Waals surface area contributed by atoms with Crippen molar-refractivity contribution in [3.63, 3.8) is 0 Å². The van der Waals surface area contributed by atoms with Gasteiger partial charge < -0.3 is 10.2 Å². The Bertz CT molecular complexity index is 644. The molecule has 1 heterocycles. The highest BCUT2D eigenvalue weighted by molar-refractivity contribution is 7.99. The van der Waals surface area contributed by atoms with Crippen molar-refractivity contribution in [3.05, 3.63) is 35.0 Å². The molecule has 0 aliphatic heterocycles. The van der Waals surface area contributed by atoms with E-state index < -0.39 is 0 Å². The van der Waals surface area contributed by atoms with E-state index >= 15 is 0 Å². The summed E-state index contributed by atoms with van der Waals surface area (Å²) in [4.78, 5) is 6.95. The minimum atomic E-state index is 0.731. The molecule has 24 heavy (non-hydrogen) atoms. The van der Waals surface area contributed by atoms with E-state index in [1.165, 1.54) is 35.7 Å². The smallest absolute Gasteiger partial charge is 0.0737 e. The molecule has 0 fully saturated rings. The van der Waals surface area contributed by atoms with E-state index in [1.807, 2.05) is 30.1 Å². The molecular formula is C19H28ClN3S. The van der Waals surface area contributed by atoms with Crippen LogP contribution >= 0.6 is 23.4 Å². The summed E-state index contributed by atoms with van der Waals surface area (Å²) in [6.45, 7) is 11.0. The second-order valence-electron chi connectivity index (χ2n) is 5.90. The number of rotatable bonds is 10. The van der Waals surface area contributed by atoms with Crippen LogP contribution in [0.2, 0.25) is 5.02 Å². The van der Waals surface area contributed by atoms with E-state index in [1.54, 1.807) is 0 Å². The van der Waals surface area contributed by atoms with Crippen LogP contribution in [0.25, 0.3) is 10.9 Å². The van der Waals surface area contributed by atoms with Gasteiger partial charge in [-0.25, -0.2) is 0 Å². The number of anilines is 1. The first-order valence-electron chi connectivity index (χ1n) is 8.74. The third-order valence-corrected chi connectivity index (χ3v) is 5.52. The molecule has 0 amide bonds. The molecule has 0 saturated carbocycles. The van der Waals surface area contributed by atoms with Gasteiger partial charge in [-0.15, -0.1) is 0 Å². The average Bonchev–Trinajstić information content (AvgIpc) is 2.59. The zero-order valence-electron chi connectivity index (χ0n) is 14.9. The van der Waals surface area contributed by atoms with Crippen LogP contribution in [0.4, 0.5) is 5.69 Å². The molecule has 0 unspecified atom stereocenters. The molecule has 0 aliphatic carbocycles. The van der Waals surface area contributed by atoms with Crippen molar-refractivity contribution in [3.8, 4) is 0 Å². The summed E-state index contributed by atoms with van der Waals surface area (Å²) in [5, 5.41) is 5.47.